The lowest BCUT2D eigenvalue weighted by Crippen LogP contribution is -2.33. The van der Waals surface area contributed by atoms with Crippen molar-refractivity contribution in [2.24, 2.45) is 17.8 Å². The van der Waals surface area contributed by atoms with Crippen molar-refractivity contribution < 1.29 is 4.42 Å². The molecule has 2 bridgehead atoms. The molecular formula is C21H18BrNO2S2. The summed E-state index contributed by atoms with van der Waals surface area (Å²) in [6.07, 6.45) is 4.02. The highest BCUT2D eigenvalue weighted by Crippen LogP contribution is 2.63. The summed E-state index contributed by atoms with van der Waals surface area (Å²) >= 11 is 6.79. The van der Waals surface area contributed by atoms with Gasteiger partial charge in [0.1, 0.15) is 11.5 Å². The second kappa shape index (κ2) is 6.13. The maximum absolute atomic E-state index is 12.1. The number of halogens is 1. The Bertz CT molecular complexity index is 1070. The minimum absolute atomic E-state index is 0.0597. The zero-order valence-corrected chi connectivity index (χ0v) is 17.7. The molecule has 0 amide bonds. The van der Waals surface area contributed by atoms with E-state index in [2.05, 4.69) is 45.2 Å². The van der Waals surface area contributed by atoms with E-state index in [4.69, 9.17) is 4.42 Å². The van der Waals surface area contributed by atoms with Gasteiger partial charge in [0.2, 0.25) is 0 Å². The zero-order valence-electron chi connectivity index (χ0n) is 14.5. The molecule has 2 saturated carbocycles. The zero-order chi connectivity index (χ0) is 18.1. The number of aromatic nitrogens is 1. The topological polar surface area (TPSA) is 46.0 Å². The SMILES string of the molecule is O=c1[nH]c2c(s1)[C@H](c1ccc(-c3ccc(Br)cc3)o1)[C@@H]1[C@H]3CC[C@@H](C3)[C@H]1S2. The summed E-state index contributed by atoms with van der Waals surface area (Å²) in [4.78, 5) is 16.4. The number of aromatic amines is 1. The monoisotopic (exact) mass is 459 g/mol. The first-order valence-corrected chi connectivity index (χ1v) is 11.9. The van der Waals surface area contributed by atoms with Gasteiger partial charge in [0.25, 0.3) is 0 Å². The van der Waals surface area contributed by atoms with E-state index in [1.54, 1.807) is 0 Å². The van der Waals surface area contributed by atoms with Crippen molar-refractivity contribution in [3.63, 3.8) is 0 Å². The third-order valence-electron chi connectivity index (χ3n) is 6.53. The Kier molecular flexibility index (Phi) is 3.79. The van der Waals surface area contributed by atoms with Crippen molar-refractivity contribution in [1.29, 1.82) is 0 Å². The number of H-pyrrole nitrogens is 1. The molecule has 3 heterocycles. The van der Waals surface area contributed by atoms with Gasteiger partial charge in [-0.3, -0.25) is 4.79 Å². The normalized spacial score (nSPS) is 31.1. The molecule has 1 N–H and O–H groups in total. The van der Waals surface area contributed by atoms with Gasteiger partial charge in [-0.1, -0.05) is 39.4 Å². The number of hydrogen-bond acceptors (Lipinski definition) is 4. The third kappa shape index (κ3) is 2.56. The van der Waals surface area contributed by atoms with Crippen LogP contribution in [0.1, 0.15) is 35.8 Å². The van der Waals surface area contributed by atoms with Crippen LogP contribution in [-0.4, -0.2) is 10.2 Å². The first-order chi connectivity index (χ1) is 13.2. The van der Waals surface area contributed by atoms with Crippen molar-refractivity contribution >= 4 is 39.0 Å². The Balaban J connectivity index is 1.45. The highest BCUT2D eigenvalue weighted by molar-refractivity contribution is 9.10. The summed E-state index contributed by atoms with van der Waals surface area (Å²) in [5.41, 5.74) is 1.08. The molecule has 3 nitrogen and oxygen atoms in total. The van der Waals surface area contributed by atoms with Crippen molar-refractivity contribution in [2.45, 2.75) is 35.5 Å². The van der Waals surface area contributed by atoms with Crippen molar-refractivity contribution in [1.82, 2.24) is 4.98 Å². The fraction of sp³-hybridized carbons (Fsp3) is 0.381. The minimum atomic E-state index is 0.0597. The maximum atomic E-state index is 12.1. The molecule has 0 spiro atoms. The van der Waals surface area contributed by atoms with E-state index in [1.165, 1.54) is 35.5 Å². The molecule has 2 aliphatic carbocycles. The Labute approximate surface area is 173 Å². The average molecular weight is 460 g/mol. The summed E-state index contributed by atoms with van der Waals surface area (Å²) in [7, 11) is 0. The van der Waals surface area contributed by atoms with Crippen LogP contribution < -0.4 is 4.87 Å². The first-order valence-electron chi connectivity index (χ1n) is 9.43. The highest BCUT2D eigenvalue weighted by atomic mass is 79.9. The van der Waals surface area contributed by atoms with Crippen LogP contribution in [-0.2, 0) is 0 Å². The van der Waals surface area contributed by atoms with E-state index in [0.29, 0.717) is 11.2 Å². The van der Waals surface area contributed by atoms with E-state index in [-0.39, 0.29) is 10.8 Å². The number of thiazole rings is 1. The Hall–Kier alpha value is -1.24. The predicted molar refractivity (Wildman–Crippen MR) is 113 cm³/mol. The number of rotatable bonds is 2. The molecule has 2 fully saturated rings. The lowest BCUT2D eigenvalue weighted by atomic mass is 9.77. The second-order valence-corrected chi connectivity index (χ2v) is 11.0. The van der Waals surface area contributed by atoms with Gasteiger partial charge >= 0.3 is 4.87 Å². The van der Waals surface area contributed by atoms with E-state index >= 15 is 0 Å². The fourth-order valence-corrected chi connectivity index (χ4v) is 8.60. The second-order valence-electron chi connectivity index (χ2n) is 7.89. The molecule has 0 saturated heterocycles. The number of thioether (sulfide) groups is 1. The van der Waals surface area contributed by atoms with Crippen LogP contribution in [0.15, 0.2) is 55.1 Å². The first kappa shape index (κ1) is 16.7. The molecule has 5 atom stereocenters. The van der Waals surface area contributed by atoms with Crippen LogP contribution in [0.25, 0.3) is 11.3 Å². The summed E-state index contributed by atoms with van der Waals surface area (Å²) in [5.74, 6) is 4.30. The van der Waals surface area contributed by atoms with Crippen LogP contribution in [0, 0.1) is 17.8 Å². The largest absolute Gasteiger partial charge is 0.460 e. The van der Waals surface area contributed by atoms with Gasteiger partial charge in [-0.2, -0.15) is 0 Å². The van der Waals surface area contributed by atoms with Crippen molar-refractivity contribution in [3.8, 4) is 11.3 Å². The molecule has 1 aromatic carbocycles. The van der Waals surface area contributed by atoms with Gasteiger partial charge < -0.3 is 9.40 Å². The summed E-state index contributed by atoms with van der Waals surface area (Å²) in [6, 6.07) is 12.4. The lowest BCUT2D eigenvalue weighted by Gasteiger charge is -2.38. The molecular weight excluding hydrogens is 442 g/mol. The van der Waals surface area contributed by atoms with Crippen LogP contribution in [0.3, 0.4) is 0 Å². The average Bonchev–Trinajstić information content (AvgIpc) is 3.43. The summed E-state index contributed by atoms with van der Waals surface area (Å²) in [5, 5.41) is 1.71. The van der Waals surface area contributed by atoms with Gasteiger partial charge in [0.05, 0.1) is 15.8 Å². The van der Waals surface area contributed by atoms with E-state index in [9.17, 15) is 4.79 Å². The van der Waals surface area contributed by atoms with Gasteiger partial charge in [0, 0.05) is 15.3 Å². The number of nitrogens with one attached hydrogen (secondary N) is 1. The smallest absolute Gasteiger partial charge is 0.305 e. The Morgan fingerprint density at radius 2 is 1.89 bits per heavy atom. The third-order valence-corrected chi connectivity index (χ3v) is 9.68. The number of fused-ring (bicyclic) bond motifs is 6. The van der Waals surface area contributed by atoms with E-state index in [1.807, 2.05) is 23.9 Å². The van der Waals surface area contributed by atoms with Crippen LogP contribution >= 0.6 is 39.0 Å². The molecule has 0 radical (unpaired) electrons. The van der Waals surface area contributed by atoms with E-state index < -0.39 is 0 Å². The van der Waals surface area contributed by atoms with Gasteiger partial charge in [0.15, 0.2) is 0 Å². The summed E-state index contributed by atoms with van der Waals surface area (Å²) in [6.45, 7) is 0. The number of hydrogen-bond donors (Lipinski definition) is 1. The van der Waals surface area contributed by atoms with Crippen molar-refractivity contribution in [3.05, 3.63) is 61.2 Å². The standard InChI is InChI=1S/C21H18BrNO2S2/c22-13-5-3-10(4-6-13)14-7-8-15(25-14)17-16-11-1-2-12(9-11)18(16)26-20-19(17)27-21(24)23-20/h3-8,11-12,16-18H,1-2,9H2,(H,23,24)/t11-,12-,16-,17+,18+/m0/s1. The molecule has 27 heavy (non-hydrogen) atoms. The van der Waals surface area contributed by atoms with Crippen LogP contribution in [0.5, 0.6) is 0 Å². The van der Waals surface area contributed by atoms with E-state index in [0.717, 1.165) is 38.4 Å². The minimum Gasteiger partial charge on any atom is -0.460 e. The van der Waals surface area contributed by atoms with Gasteiger partial charge in [-0.15, -0.1) is 11.8 Å². The van der Waals surface area contributed by atoms with Gasteiger partial charge in [-0.05, 0) is 61.3 Å². The molecule has 6 heteroatoms. The molecule has 2 aromatic heterocycles. The molecule has 1 aliphatic heterocycles. The Morgan fingerprint density at radius 1 is 1.07 bits per heavy atom. The number of furan rings is 1. The van der Waals surface area contributed by atoms with Gasteiger partial charge in [-0.25, -0.2) is 0 Å². The molecule has 3 aliphatic rings. The Morgan fingerprint density at radius 3 is 2.74 bits per heavy atom. The quantitative estimate of drug-likeness (QED) is 0.502. The summed E-state index contributed by atoms with van der Waals surface area (Å²) < 4.78 is 7.46. The molecule has 6 rings (SSSR count). The fourth-order valence-electron chi connectivity index (χ4n) is 5.46. The molecule has 0 unspecified atom stereocenters. The van der Waals surface area contributed by atoms with Crippen molar-refractivity contribution in [2.75, 3.05) is 0 Å². The maximum Gasteiger partial charge on any atom is 0.305 e. The predicted octanol–water partition coefficient (Wildman–Crippen LogP) is 6.11. The number of benzene rings is 1. The lowest BCUT2D eigenvalue weighted by molar-refractivity contribution is 0.285. The van der Waals surface area contributed by atoms with Crippen LogP contribution in [0.4, 0.5) is 0 Å². The highest BCUT2D eigenvalue weighted by Gasteiger charge is 2.55. The molecule has 3 aromatic rings. The van der Waals surface area contributed by atoms with Crippen LogP contribution in [0.2, 0.25) is 0 Å². The molecule has 138 valence electrons.